The van der Waals surface area contributed by atoms with E-state index in [-0.39, 0.29) is 12.3 Å². The van der Waals surface area contributed by atoms with Crippen molar-refractivity contribution in [3.8, 4) is 0 Å². The van der Waals surface area contributed by atoms with Crippen LogP contribution in [0.25, 0.3) is 0 Å². The molecule has 0 fully saturated rings. The van der Waals surface area contributed by atoms with Gasteiger partial charge in [-0.05, 0) is 30.0 Å². The summed E-state index contributed by atoms with van der Waals surface area (Å²) < 4.78 is 10.6. The number of hydrogen-bond acceptors (Lipinski definition) is 10. The number of benzene rings is 1. The molecule has 0 atom stereocenters. The lowest BCUT2D eigenvalue weighted by molar-refractivity contribution is -0.120. The molecule has 1 aromatic carbocycles. The molecule has 1 heterocycles. The van der Waals surface area contributed by atoms with Gasteiger partial charge in [0.05, 0.1) is 32.8 Å². The minimum Gasteiger partial charge on any atom is -0.378 e. The van der Waals surface area contributed by atoms with Gasteiger partial charge in [0.1, 0.15) is 0 Å². The molecule has 1 aromatic heterocycles. The predicted molar refractivity (Wildman–Crippen MR) is 144 cm³/mol. The summed E-state index contributed by atoms with van der Waals surface area (Å²) >= 11 is 0. The molecular formula is C25H40N8O3. The summed E-state index contributed by atoms with van der Waals surface area (Å²) in [7, 11) is 0. The number of ether oxygens (including phenoxy) is 2. The first-order valence-electron chi connectivity index (χ1n) is 12.3. The molecule has 0 unspecified atom stereocenters. The van der Waals surface area contributed by atoms with Gasteiger partial charge in [-0.25, -0.2) is 0 Å². The zero-order valence-electron chi connectivity index (χ0n) is 21.4. The molecular weight excluding hydrogens is 460 g/mol. The van der Waals surface area contributed by atoms with Crippen molar-refractivity contribution in [2.24, 2.45) is 11.7 Å². The Balaban J connectivity index is 1.83. The third kappa shape index (κ3) is 12.4. The monoisotopic (exact) mass is 500 g/mol. The molecule has 6 N–H and O–H groups in total. The van der Waals surface area contributed by atoms with E-state index in [4.69, 9.17) is 15.2 Å². The van der Waals surface area contributed by atoms with Crippen LogP contribution in [-0.4, -0.2) is 73.5 Å². The molecule has 1 amide bonds. The average molecular weight is 501 g/mol. The highest BCUT2D eigenvalue weighted by molar-refractivity contribution is 5.78. The SMILES string of the molecule is C=CCNc1nc(NCCC(C)C)nc(Nc2ccc(CC(=O)NCCOCCOCCN)cc2)n1. The van der Waals surface area contributed by atoms with E-state index in [1.807, 2.05) is 24.3 Å². The summed E-state index contributed by atoms with van der Waals surface area (Å²) in [6, 6.07) is 7.57. The lowest BCUT2D eigenvalue weighted by atomic mass is 10.1. The van der Waals surface area contributed by atoms with Crippen LogP contribution in [0, 0.1) is 5.92 Å². The Morgan fingerprint density at radius 2 is 1.64 bits per heavy atom. The van der Waals surface area contributed by atoms with Crippen LogP contribution in [0.4, 0.5) is 23.5 Å². The molecule has 0 spiro atoms. The molecule has 0 saturated carbocycles. The van der Waals surface area contributed by atoms with Crippen LogP contribution in [0.15, 0.2) is 36.9 Å². The minimum absolute atomic E-state index is 0.0637. The molecule has 0 aliphatic carbocycles. The van der Waals surface area contributed by atoms with E-state index in [2.05, 4.69) is 56.6 Å². The first kappa shape index (κ1) is 29.0. The van der Waals surface area contributed by atoms with Crippen LogP contribution in [-0.2, 0) is 20.7 Å². The summed E-state index contributed by atoms with van der Waals surface area (Å²) in [6.45, 7) is 12.3. The molecule has 0 aliphatic heterocycles. The van der Waals surface area contributed by atoms with Gasteiger partial charge in [0.2, 0.25) is 23.8 Å². The Morgan fingerprint density at radius 3 is 2.31 bits per heavy atom. The Morgan fingerprint density at radius 1 is 0.972 bits per heavy atom. The van der Waals surface area contributed by atoms with Gasteiger partial charge in [0.15, 0.2) is 0 Å². The van der Waals surface area contributed by atoms with Crippen molar-refractivity contribution in [2.75, 3.05) is 68.6 Å². The van der Waals surface area contributed by atoms with Gasteiger partial charge in [0.25, 0.3) is 0 Å². The number of nitrogens with zero attached hydrogens (tertiary/aromatic N) is 3. The normalized spacial score (nSPS) is 10.8. The number of carbonyl (C=O) groups is 1. The van der Waals surface area contributed by atoms with E-state index < -0.39 is 0 Å². The molecule has 36 heavy (non-hydrogen) atoms. The molecule has 11 nitrogen and oxygen atoms in total. The fraction of sp³-hybridized carbons (Fsp3) is 0.520. The number of hydrogen-bond donors (Lipinski definition) is 5. The van der Waals surface area contributed by atoms with Gasteiger partial charge in [-0.1, -0.05) is 32.1 Å². The van der Waals surface area contributed by atoms with Gasteiger partial charge < -0.3 is 36.5 Å². The van der Waals surface area contributed by atoms with E-state index in [0.29, 0.717) is 69.8 Å². The van der Waals surface area contributed by atoms with Crippen LogP contribution in [0.5, 0.6) is 0 Å². The molecule has 2 rings (SSSR count). The highest BCUT2D eigenvalue weighted by Gasteiger charge is 2.08. The van der Waals surface area contributed by atoms with Gasteiger partial charge in [-0.3, -0.25) is 4.79 Å². The third-order valence-corrected chi connectivity index (χ3v) is 4.82. The molecule has 0 saturated heterocycles. The van der Waals surface area contributed by atoms with Gasteiger partial charge in [-0.15, -0.1) is 6.58 Å². The third-order valence-electron chi connectivity index (χ3n) is 4.82. The Bertz CT molecular complexity index is 909. The maximum atomic E-state index is 12.2. The number of nitrogens with two attached hydrogens (primary N) is 1. The molecule has 0 aliphatic rings. The Kier molecular flexibility index (Phi) is 13.8. The van der Waals surface area contributed by atoms with Gasteiger partial charge in [0, 0.05) is 31.9 Å². The largest absolute Gasteiger partial charge is 0.378 e. The van der Waals surface area contributed by atoms with Crippen LogP contribution in [0.2, 0.25) is 0 Å². The van der Waals surface area contributed by atoms with Crippen molar-refractivity contribution in [2.45, 2.75) is 26.7 Å². The standard InChI is InChI=1S/C25H40N8O3/c1-4-11-28-23-31-24(29-12-9-19(2)3)33-25(32-23)30-21-7-5-20(6-8-21)18-22(34)27-13-15-36-17-16-35-14-10-26/h4-8,19H,1,9-18,26H2,2-3H3,(H,27,34)(H3,28,29,30,31,32,33). The van der Waals surface area contributed by atoms with E-state index in [1.54, 1.807) is 6.08 Å². The van der Waals surface area contributed by atoms with Crippen molar-refractivity contribution in [3.05, 3.63) is 42.5 Å². The summed E-state index contributed by atoms with van der Waals surface area (Å²) in [4.78, 5) is 25.5. The number of anilines is 4. The lowest BCUT2D eigenvalue weighted by Crippen LogP contribution is -2.29. The highest BCUT2D eigenvalue weighted by atomic mass is 16.5. The summed E-state index contributed by atoms with van der Waals surface area (Å²) in [6.07, 6.45) is 3.03. The number of aromatic nitrogens is 3. The second-order valence-electron chi connectivity index (χ2n) is 8.45. The zero-order chi connectivity index (χ0) is 26.0. The average Bonchev–Trinajstić information content (AvgIpc) is 2.85. The van der Waals surface area contributed by atoms with Gasteiger partial charge >= 0.3 is 0 Å². The van der Waals surface area contributed by atoms with Crippen LogP contribution in [0.1, 0.15) is 25.8 Å². The quantitative estimate of drug-likeness (QED) is 0.144. The zero-order valence-corrected chi connectivity index (χ0v) is 21.4. The van der Waals surface area contributed by atoms with E-state index >= 15 is 0 Å². The predicted octanol–water partition coefficient (Wildman–Crippen LogP) is 2.32. The molecule has 198 valence electrons. The van der Waals surface area contributed by atoms with Crippen LogP contribution >= 0.6 is 0 Å². The second-order valence-corrected chi connectivity index (χ2v) is 8.45. The van der Waals surface area contributed by atoms with Crippen molar-refractivity contribution in [1.82, 2.24) is 20.3 Å². The van der Waals surface area contributed by atoms with E-state index in [0.717, 1.165) is 24.2 Å². The second kappa shape index (κ2) is 17.2. The number of carbonyl (C=O) groups excluding carboxylic acids is 1. The Labute approximate surface area is 213 Å². The summed E-state index contributed by atoms with van der Waals surface area (Å²) in [5.74, 6) is 1.89. The topological polar surface area (TPSA) is 148 Å². The highest BCUT2D eigenvalue weighted by Crippen LogP contribution is 2.17. The van der Waals surface area contributed by atoms with Crippen molar-refractivity contribution < 1.29 is 14.3 Å². The van der Waals surface area contributed by atoms with Crippen molar-refractivity contribution >= 4 is 29.4 Å². The molecule has 2 aromatic rings. The van der Waals surface area contributed by atoms with E-state index in [9.17, 15) is 4.79 Å². The van der Waals surface area contributed by atoms with Gasteiger partial charge in [-0.2, -0.15) is 15.0 Å². The molecule has 11 heteroatoms. The summed E-state index contributed by atoms with van der Waals surface area (Å²) in [5.41, 5.74) is 7.05. The Hall–Kier alpha value is -3.28. The number of amides is 1. The number of rotatable bonds is 19. The minimum atomic E-state index is -0.0637. The smallest absolute Gasteiger partial charge is 0.233 e. The van der Waals surface area contributed by atoms with Crippen molar-refractivity contribution in [1.29, 1.82) is 0 Å². The van der Waals surface area contributed by atoms with Crippen LogP contribution in [0.3, 0.4) is 0 Å². The van der Waals surface area contributed by atoms with Crippen LogP contribution < -0.4 is 27.0 Å². The first-order valence-corrected chi connectivity index (χ1v) is 12.3. The number of nitrogens with one attached hydrogen (secondary N) is 4. The maximum absolute atomic E-state index is 12.2. The first-order chi connectivity index (χ1) is 17.5. The fourth-order valence-corrected chi connectivity index (χ4v) is 2.98. The summed E-state index contributed by atoms with van der Waals surface area (Å²) in [5, 5.41) is 12.4. The molecule has 0 radical (unpaired) electrons. The van der Waals surface area contributed by atoms with Crippen molar-refractivity contribution in [3.63, 3.8) is 0 Å². The molecule has 0 bridgehead atoms. The lowest BCUT2D eigenvalue weighted by Gasteiger charge is -2.12. The maximum Gasteiger partial charge on any atom is 0.233 e. The van der Waals surface area contributed by atoms with E-state index in [1.165, 1.54) is 0 Å². The fourth-order valence-electron chi connectivity index (χ4n) is 2.98.